The Morgan fingerprint density at radius 1 is 0.917 bits per heavy atom. The van der Waals surface area contributed by atoms with E-state index in [0.717, 1.165) is 10.8 Å². The lowest BCUT2D eigenvalue weighted by atomic mass is 9.62. The summed E-state index contributed by atoms with van der Waals surface area (Å²) in [6.45, 7) is 0. The Labute approximate surface area is 78.8 Å². The van der Waals surface area contributed by atoms with Crippen molar-refractivity contribution in [3.05, 3.63) is 12.2 Å². The predicted octanol–water partition coefficient (Wildman–Crippen LogP) is 3.24. The summed E-state index contributed by atoms with van der Waals surface area (Å²) in [5.41, 5.74) is 1.51. The lowest BCUT2D eigenvalue weighted by Crippen LogP contribution is -2.37. The number of hydrogen-bond donors (Lipinski definition) is 0. The minimum atomic E-state index is 0.756. The van der Waals surface area contributed by atoms with Crippen LogP contribution in [0.4, 0.5) is 0 Å². The average molecular weight is 180 g/mol. The molecule has 12 heavy (non-hydrogen) atoms. The molecule has 2 unspecified atom stereocenters. The third-order valence-corrected chi connectivity index (χ3v) is 5.89. The second kappa shape index (κ2) is 2.31. The summed E-state index contributed by atoms with van der Waals surface area (Å²) >= 11 is 2.21. The standard InChI is InChI=1S/C11H16S/c1-2-5-11-7-3-6-10(11,4-1)8-12-9-11/h1-2H,3-9H2. The van der Waals surface area contributed by atoms with E-state index >= 15 is 0 Å². The summed E-state index contributed by atoms with van der Waals surface area (Å²) in [6, 6.07) is 0. The van der Waals surface area contributed by atoms with Crippen molar-refractivity contribution in [3.63, 3.8) is 0 Å². The van der Waals surface area contributed by atoms with Crippen LogP contribution in [0.25, 0.3) is 0 Å². The van der Waals surface area contributed by atoms with Crippen molar-refractivity contribution in [2.45, 2.75) is 32.1 Å². The number of thioether (sulfide) groups is 1. The molecule has 1 aliphatic heterocycles. The molecular weight excluding hydrogens is 164 g/mol. The van der Waals surface area contributed by atoms with Crippen molar-refractivity contribution in [1.82, 2.24) is 0 Å². The van der Waals surface area contributed by atoms with E-state index < -0.39 is 0 Å². The molecule has 0 spiro atoms. The van der Waals surface area contributed by atoms with Crippen LogP contribution in [-0.4, -0.2) is 11.5 Å². The van der Waals surface area contributed by atoms with E-state index in [0.29, 0.717) is 0 Å². The molecule has 0 amide bonds. The van der Waals surface area contributed by atoms with Crippen LogP contribution in [-0.2, 0) is 0 Å². The molecule has 0 bridgehead atoms. The highest BCUT2D eigenvalue weighted by molar-refractivity contribution is 7.99. The van der Waals surface area contributed by atoms with Crippen molar-refractivity contribution < 1.29 is 0 Å². The smallest absolute Gasteiger partial charge is 0.000189 e. The number of allylic oxidation sites excluding steroid dienone is 2. The summed E-state index contributed by atoms with van der Waals surface area (Å²) in [7, 11) is 0. The molecule has 1 heterocycles. The minimum Gasteiger partial charge on any atom is -0.161 e. The van der Waals surface area contributed by atoms with Crippen LogP contribution < -0.4 is 0 Å². The van der Waals surface area contributed by atoms with Crippen LogP contribution >= 0.6 is 11.8 Å². The van der Waals surface area contributed by atoms with Gasteiger partial charge in [-0.1, -0.05) is 18.6 Å². The highest BCUT2D eigenvalue weighted by atomic mass is 32.2. The normalized spacial score (nSPS) is 50.7. The van der Waals surface area contributed by atoms with Crippen molar-refractivity contribution in [2.24, 2.45) is 10.8 Å². The minimum absolute atomic E-state index is 0.756. The monoisotopic (exact) mass is 180 g/mol. The molecule has 0 aromatic rings. The fourth-order valence-electron chi connectivity index (χ4n) is 3.56. The first-order chi connectivity index (χ1) is 5.87. The van der Waals surface area contributed by atoms with E-state index in [1.807, 2.05) is 0 Å². The van der Waals surface area contributed by atoms with Crippen molar-refractivity contribution in [2.75, 3.05) is 11.5 Å². The molecule has 3 aliphatic rings. The van der Waals surface area contributed by atoms with E-state index in [1.54, 1.807) is 0 Å². The quantitative estimate of drug-likeness (QED) is 0.516. The van der Waals surface area contributed by atoms with Crippen LogP contribution in [0.3, 0.4) is 0 Å². The summed E-state index contributed by atoms with van der Waals surface area (Å²) in [5.74, 6) is 2.91. The van der Waals surface area contributed by atoms with Gasteiger partial charge in [0.15, 0.2) is 0 Å². The van der Waals surface area contributed by atoms with Gasteiger partial charge in [-0.25, -0.2) is 0 Å². The maximum absolute atomic E-state index is 2.44. The van der Waals surface area contributed by atoms with E-state index in [1.165, 1.54) is 43.6 Å². The van der Waals surface area contributed by atoms with Crippen molar-refractivity contribution >= 4 is 11.8 Å². The summed E-state index contributed by atoms with van der Waals surface area (Å²) in [4.78, 5) is 0. The van der Waals surface area contributed by atoms with Crippen LogP contribution in [0.5, 0.6) is 0 Å². The van der Waals surface area contributed by atoms with E-state index in [4.69, 9.17) is 0 Å². The summed E-state index contributed by atoms with van der Waals surface area (Å²) < 4.78 is 0. The van der Waals surface area contributed by atoms with Gasteiger partial charge in [-0.05, 0) is 48.0 Å². The molecule has 3 rings (SSSR count). The molecule has 66 valence electrons. The van der Waals surface area contributed by atoms with Gasteiger partial charge in [-0.3, -0.25) is 0 Å². The Morgan fingerprint density at radius 2 is 1.50 bits per heavy atom. The Kier molecular flexibility index (Phi) is 1.44. The molecule has 2 atom stereocenters. The van der Waals surface area contributed by atoms with E-state index in [9.17, 15) is 0 Å². The first-order valence-corrected chi connectivity index (χ1v) is 6.25. The van der Waals surface area contributed by atoms with Gasteiger partial charge in [0.2, 0.25) is 0 Å². The van der Waals surface area contributed by atoms with Crippen molar-refractivity contribution in [1.29, 1.82) is 0 Å². The van der Waals surface area contributed by atoms with Crippen LogP contribution in [0.2, 0.25) is 0 Å². The van der Waals surface area contributed by atoms with E-state index in [2.05, 4.69) is 23.9 Å². The molecule has 0 radical (unpaired) electrons. The number of rotatable bonds is 0. The van der Waals surface area contributed by atoms with Crippen LogP contribution in [0.1, 0.15) is 32.1 Å². The van der Waals surface area contributed by atoms with Gasteiger partial charge >= 0.3 is 0 Å². The number of hydrogen-bond acceptors (Lipinski definition) is 1. The zero-order valence-corrected chi connectivity index (χ0v) is 8.33. The van der Waals surface area contributed by atoms with Crippen molar-refractivity contribution in [3.8, 4) is 0 Å². The molecule has 1 saturated carbocycles. The van der Waals surface area contributed by atoms with Gasteiger partial charge in [-0.15, -0.1) is 0 Å². The average Bonchev–Trinajstić information content (AvgIpc) is 2.57. The second-order valence-corrected chi connectivity index (χ2v) is 5.77. The van der Waals surface area contributed by atoms with Gasteiger partial charge in [0, 0.05) is 0 Å². The Morgan fingerprint density at radius 3 is 2.08 bits per heavy atom. The molecule has 0 nitrogen and oxygen atoms in total. The highest BCUT2D eigenvalue weighted by Gasteiger charge is 2.57. The fraction of sp³-hybridized carbons (Fsp3) is 0.818. The molecular formula is C11H16S. The molecule has 2 aliphatic carbocycles. The Hall–Kier alpha value is 0.0900. The zero-order valence-electron chi connectivity index (χ0n) is 7.51. The van der Waals surface area contributed by atoms with Gasteiger partial charge in [-0.2, -0.15) is 11.8 Å². The lowest BCUT2D eigenvalue weighted by molar-refractivity contribution is 0.131. The van der Waals surface area contributed by atoms with Crippen LogP contribution in [0.15, 0.2) is 12.2 Å². The van der Waals surface area contributed by atoms with Gasteiger partial charge in [0.1, 0.15) is 0 Å². The SMILES string of the molecule is C1=CCC23CCCC2(C1)CSC3. The Bertz CT molecular complexity index is 197. The lowest BCUT2D eigenvalue weighted by Gasteiger charge is -2.41. The molecule has 1 saturated heterocycles. The second-order valence-electron chi connectivity index (χ2n) is 4.79. The van der Waals surface area contributed by atoms with Gasteiger partial charge in [0.05, 0.1) is 0 Å². The summed E-state index contributed by atoms with van der Waals surface area (Å²) in [5, 5.41) is 0. The third-order valence-electron chi connectivity index (χ3n) is 4.38. The highest BCUT2D eigenvalue weighted by Crippen LogP contribution is 2.65. The Balaban J connectivity index is 2.06. The summed E-state index contributed by atoms with van der Waals surface area (Å²) in [6.07, 6.45) is 12.2. The first kappa shape index (κ1) is 7.49. The molecule has 0 N–H and O–H groups in total. The predicted molar refractivity (Wildman–Crippen MR) is 54.4 cm³/mol. The van der Waals surface area contributed by atoms with E-state index in [-0.39, 0.29) is 0 Å². The van der Waals surface area contributed by atoms with Gasteiger partial charge < -0.3 is 0 Å². The zero-order chi connectivity index (χ0) is 8.07. The molecule has 0 aromatic carbocycles. The third kappa shape index (κ3) is 0.717. The largest absolute Gasteiger partial charge is 0.161 e. The topological polar surface area (TPSA) is 0 Å². The fourth-order valence-corrected chi connectivity index (χ4v) is 5.58. The molecule has 2 fully saturated rings. The maximum Gasteiger partial charge on any atom is -0.000189 e. The molecule has 1 heteroatoms. The maximum atomic E-state index is 2.44. The first-order valence-electron chi connectivity index (χ1n) is 5.10. The molecule has 0 aromatic heterocycles. The van der Waals surface area contributed by atoms with Gasteiger partial charge in [0.25, 0.3) is 0 Å². The van der Waals surface area contributed by atoms with Crippen LogP contribution in [0, 0.1) is 10.8 Å².